The van der Waals surface area contributed by atoms with E-state index in [1.54, 1.807) is 0 Å². The summed E-state index contributed by atoms with van der Waals surface area (Å²) >= 11 is 1.88. The summed E-state index contributed by atoms with van der Waals surface area (Å²) in [4.78, 5) is 2.56. The Morgan fingerprint density at radius 3 is 1.34 bits per heavy atom. The largest absolute Gasteiger partial charge is 0.309 e. The van der Waals surface area contributed by atoms with Crippen LogP contribution in [-0.2, 0) is 0 Å². The fourth-order valence-corrected chi connectivity index (χ4v) is 11.1. The van der Waals surface area contributed by atoms with E-state index in [4.69, 9.17) is 0 Å². The summed E-state index contributed by atoms with van der Waals surface area (Å²) in [5, 5.41) is 5.18. The van der Waals surface area contributed by atoms with Gasteiger partial charge in [-0.05, 0) is 128 Å². The molecule has 0 bridgehead atoms. The highest BCUT2D eigenvalue weighted by Gasteiger charge is 2.27. The minimum absolute atomic E-state index is 1.15. The molecule has 0 unspecified atom stereocenters. The maximum atomic E-state index is 2.49. The summed E-state index contributed by atoms with van der Waals surface area (Å²) < 4.78 is 4.97. The zero-order valence-corrected chi connectivity index (χ0v) is 37.1. The van der Waals surface area contributed by atoms with Gasteiger partial charge in [-0.2, -0.15) is 0 Å². The van der Waals surface area contributed by atoms with Crippen molar-refractivity contribution in [2.24, 2.45) is 0 Å². The minimum Gasteiger partial charge on any atom is -0.309 e. The molecule has 1 aliphatic rings. The summed E-state index contributed by atoms with van der Waals surface area (Å²) in [7, 11) is 0. The fraction of sp³-hybridized carbons (Fsp3) is 0.0323. The number of nitrogens with zero attached hydrogens (tertiary/aromatic N) is 2. The molecule has 65 heavy (non-hydrogen) atoms. The van der Waals surface area contributed by atoms with Crippen LogP contribution in [0.2, 0.25) is 0 Å². The van der Waals surface area contributed by atoms with Gasteiger partial charge in [-0.3, -0.25) is 0 Å². The second kappa shape index (κ2) is 16.1. The van der Waals surface area contributed by atoms with Crippen LogP contribution >= 0.6 is 11.8 Å². The van der Waals surface area contributed by atoms with E-state index in [0.717, 1.165) is 5.69 Å². The van der Waals surface area contributed by atoms with Crippen molar-refractivity contribution in [2.45, 2.75) is 23.6 Å². The Kier molecular flexibility index (Phi) is 9.58. The average Bonchev–Trinajstić information content (AvgIpc) is 3.91. The van der Waals surface area contributed by atoms with Crippen LogP contribution in [0.1, 0.15) is 13.8 Å². The van der Waals surface area contributed by atoms with Crippen molar-refractivity contribution in [3.63, 3.8) is 0 Å². The van der Waals surface area contributed by atoms with Crippen LogP contribution in [0.25, 0.3) is 111 Å². The van der Waals surface area contributed by atoms with E-state index in [1.165, 1.54) is 115 Å². The molecule has 0 atom stereocenters. The summed E-state index contributed by atoms with van der Waals surface area (Å²) in [6, 6.07) is 84.5. The maximum Gasteiger partial charge on any atom is 0.0688 e. The number of benzene rings is 10. The molecule has 308 valence electrons. The zero-order chi connectivity index (χ0) is 43.4. The second-order valence-corrected chi connectivity index (χ2v) is 17.6. The minimum atomic E-state index is 1.15. The second-order valence-electron chi connectivity index (χ2n) is 16.5. The molecule has 3 heteroatoms. The van der Waals surface area contributed by atoms with E-state index in [1.807, 2.05) is 25.6 Å². The first-order valence-electron chi connectivity index (χ1n) is 22.6. The van der Waals surface area contributed by atoms with Gasteiger partial charge in [0.05, 0.1) is 27.8 Å². The van der Waals surface area contributed by atoms with Gasteiger partial charge in [-0.15, -0.1) is 0 Å². The lowest BCUT2D eigenvalue weighted by molar-refractivity contribution is 1.09. The van der Waals surface area contributed by atoms with Crippen LogP contribution in [0.3, 0.4) is 0 Å². The van der Waals surface area contributed by atoms with E-state index < -0.39 is 0 Å². The number of para-hydroxylation sites is 3. The van der Waals surface area contributed by atoms with Gasteiger partial charge in [0, 0.05) is 37.0 Å². The van der Waals surface area contributed by atoms with Crippen LogP contribution in [0.15, 0.2) is 240 Å². The van der Waals surface area contributed by atoms with Gasteiger partial charge in [0.2, 0.25) is 0 Å². The zero-order valence-electron chi connectivity index (χ0n) is 36.2. The van der Waals surface area contributed by atoms with Gasteiger partial charge in [-0.1, -0.05) is 183 Å². The average molecular weight is 849 g/mol. The number of hydrogen-bond donors (Lipinski definition) is 0. The van der Waals surface area contributed by atoms with Gasteiger partial charge >= 0.3 is 0 Å². The predicted octanol–water partition coefficient (Wildman–Crippen LogP) is 17.7. The molecular formula is C62H44N2S. The van der Waals surface area contributed by atoms with Gasteiger partial charge in [0.1, 0.15) is 0 Å². The Bertz CT molecular complexity index is 3700. The van der Waals surface area contributed by atoms with Crippen LogP contribution in [0, 0.1) is 0 Å². The standard InChI is InChI=1S/C60H38N2S.C2H6/c1-3-16-39(17-4-1)46-34-47(40-18-5-2-6-19-40)36-48(35-46)44-23-14-21-42(33-44)41-20-13-22-43(32-41)45-24-15-25-49(37-45)61-52-28-9-7-26-50(52)58-55(61)38-57-60-59(58)51-27-8-10-29-53(51)62(60)54-30-11-12-31-56(54)63-57;1-2/h1-38H;1-2H3. The molecule has 0 saturated carbocycles. The molecule has 0 amide bonds. The van der Waals surface area contributed by atoms with E-state index in [0.29, 0.717) is 0 Å². The lowest BCUT2D eigenvalue weighted by Crippen LogP contribution is -2.01. The van der Waals surface area contributed by atoms with Crippen molar-refractivity contribution in [1.82, 2.24) is 9.13 Å². The highest BCUT2D eigenvalue weighted by molar-refractivity contribution is 7.99. The van der Waals surface area contributed by atoms with Crippen LogP contribution in [0.5, 0.6) is 0 Å². The van der Waals surface area contributed by atoms with Crippen molar-refractivity contribution in [2.75, 3.05) is 0 Å². The van der Waals surface area contributed by atoms with E-state index in [9.17, 15) is 0 Å². The topological polar surface area (TPSA) is 9.86 Å². The normalized spacial score (nSPS) is 11.8. The molecule has 10 aromatic carbocycles. The molecule has 1 aliphatic heterocycles. The van der Waals surface area contributed by atoms with Gasteiger partial charge in [-0.25, -0.2) is 0 Å². The quantitative estimate of drug-likeness (QED) is 0.162. The number of rotatable bonds is 6. The first-order valence-corrected chi connectivity index (χ1v) is 23.4. The molecular weight excluding hydrogens is 805 g/mol. The Morgan fingerprint density at radius 2 is 0.723 bits per heavy atom. The third-order valence-electron chi connectivity index (χ3n) is 12.8. The maximum absolute atomic E-state index is 2.49. The van der Waals surface area contributed by atoms with E-state index in [2.05, 4.69) is 240 Å². The summed E-state index contributed by atoms with van der Waals surface area (Å²) in [6.45, 7) is 4.00. The highest BCUT2D eigenvalue weighted by Crippen LogP contribution is 2.51. The van der Waals surface area contributed by atoms with Crippen molar-refractivity contribution >= 4 is 55.4 Å². The number of aromatic nitrogens is 2. The molecule has 0 saturated heterocycles. The van der Waals surface area contributed by atoms with Crippen LogP contribution < -0.4 is 0 Å². The molecule has 0 aliphatic carbocycles. The molecule has 0 fully saturated rings. The third kappa shape index (κ3) is 6.50. The SMILES string of the molecule is CC.c1ccc(-c2cc(-c3ccccc3)cc(-c3cccc(-c4cccc(-c5cccc(-n6c7ccccc7c7c8c9ccccc9n9c8c(cc76)Sc6ccccc6-9)c5)c4)c3)c2)cc1. The van der Waals surface area contributed by atoms with Crippen LogP contribution in [-0.4, -0.2) is 9.13 Å². The van der Waals surface area contributed by atoms with Crippen molar-refractivity contribution in [3.8, 4) is 67.0 Å². The number of fused-ring (bicyclic) bond motifs is 9. The molecule has 2 nitrogen and oxygen atoms in total. The van der Waals surface area contributed by atoms with Crippen molar-refractivity contribution < 1.29 is 0 Å². The highest BCUT2D eigenvalue weighted by atomic mass is 32.2. The molecule has 3 heterocycles. The molecule has 13 rings (SSSR count). The number of hydrogen-bond acceptors (Lipinski definition) is 1. The lowest BCUT2D eigenvalue weighted by Gasteiger charge is -2.20. The Balaban J connectivity index is 0.00000219. The first kappa shape index (κ1) is 38.8. The van der Waals surface area contributed by atoms with Gasteiger partial charge in [0.25, 0.3) is 0 Å². The Hall–Kier alpha value is -7.85. The van der Waals surface area contributed by atoms with Crippen LogP contribution in [0.4, 0.5) is 0 Å². The van der Waals surface area contributed by atoms with E-state index >= 15 is 0 Å². The van der Waals surface area contributed by atoms with Crippen molar-refractivity contribution in [3.05, 3.63) is 231 Å². The molecule has 0 radical (unpaired) electrons. The summed E-state index contributed by atoms with van der Waals surface area (Å²) in [6.07, 6.45) is 0. The monoisotopic (exact) mass is 848 g/mol. The molecule has 12 aromatic rings. The Morgan fingerprint density at radius 1 is 0.292 bits per heavy atom. The summed E-state index contributed by atoms with van der Waals surface area (Å²) in [5.74, 6) is 0. The molecule has 2 aromatic heterocycles. The van der Waals surface area contributed by atoms with Crippen molar-refractivity contribution in [1.29, 1.82) is 0 Å². The van der Waals surface area contributed by atoms with Gasteiger partial charge in [0.15, 0.2) is 0 Å². The third-order valence-corrected chi connectivity index (χ3v) is 13.9. The first-order chi connectivity index (χ1) is 32.2. The van der Waals surface area contributed by atoms with E-state index in [-0.39, 0.29) is 0 Å². The smallest absolute Gasteiger partial charge is 0.0688 e. The Labute approximate surface area is 383 Å². The van der Waals surface area contributed by atoms with Gasteiger partial charge < -0.3 is 9.13 Å². The summed E-state index contributed by atoms with van der Waals surface area (Å²) in [5.41, 5.74) is 19.4. The lowest BCUT2D eigenvalue weighted by atomic mass is 9.92. The fourth-order valence-electron chi connectivity index (χ4n) is 10.0. The molecule has 0 spiro atoms. The predicted molar refractivity (Wildman–Crippen MR) is 278 cm³/mol. The molecule has 0 N–H and O–H groups in total.